The Morgan fingerprint density at radius 2 is 0.759 bits per heavy atom. The van der Waals surface area contributed by atoms with Gasteiger partial charge in [-0.05, 0) is 38.5 Å². The van der Waals surface area contributed by atoms with Crippen molar-refractivity contribution >= 4 is 17.9 Å². The second-order valence-electron chi connectivity index (χ2n) is 6.34. The molecule has 0 aromatic heterocycles. The van der Waals surface area contributed by atoms with Crippen molar-refractivity contribution in [2.24, 2.45) is 0 Å². The van der Waals surface area contributed by atoms with Crippen molar-refractivity contribution in [2.75, 3.05) is 0 Å². The first kappa shape index (κ1) is 35.4. The van der Waals surface area contributed by atoms with Gasteiger partial charge in [0.15, 0.2) is 0 Å². The van der Waals surface area contributed by atoms with E-state index in [-0.39, 0.29) is 19.3 Å². The molecule has 0 rings (SSSR count). The predicted octanol–water partition coefficient (Wildman–Crippen LogP) is 2.90. The number of hydrogen-bond acceptors (Lipinski definition) is 6. The molecule has 0 fully saturated rings. The number of rotatable bonds is 14. The van der Waals surface area contributed by atoms with E-state index in [1.54, 1.807) is 0 Å². The minimum absolute atomic E-state index is 0.216. The van der Waals surface area contributed by atoms with Gasteiger partial charge in [0.1, 0.15) is 0 Å². The van der Waals surface area contributed by atoms with E-state index < -0.39 is 17.9 Å². The summed E-state index contributed by atoms with van der Waals surface area (Å²) in [7, 11) is 0. The molecule has 172 valence electrons. The summed E-state index contributed by atoms with van der Waals surface area (Å²) in [5.41, 5.74) is 0. The van der Waals surface area contributed by atoms with Crippen LogP contribution in [0.3, 0.4) is 0 Å². The Bertz CT molecular complexity index is 299. The van der Waals surface area contributed by atoms with Crippen molar-refractivity contribution in [3.05, 3.63) is 0 Å². The number of carbonyl (C=O) groups excluding carboxylic acids is 3. The van der Waals surface area contributed by atoms with Crippen LogP contribution in [0.5, 0.6) is 0 Å². The molecule has 0 atom stereocenters. The van der Waals surface area contributed by atoms with Crippen LogP contribution in [0.15, 0.2) is 0 Å². The Morgan fingerprint density at radius 3 is 0.862 bits per heavy atom. The Balaban J connectivity index is -0.000000146. The van der Waals surface area contributed by atoms with Gasteiger partial charge >= 0.3 is 40.4 Å². The zero-order valence-corrected chi connectivity index (χ0v) is 20.7. The van der Waals surface area contributed by atoms with E-state index in [1.807, 2.05) is 20.8 Å². The van der Waals surface area contributed by atoms with Crippen molar-refractivity contribution in [2.45, 2.75) is 122 Å². The third kappa shape index (κ3) is 65.9. The molecule has 0 aromatic rings. The zero-order chi connectivity index (χ0) is 23.3. The normalized spacial score (nSPS) is 8.72. The quantitative estimate of drug-likeness (QED) is 0.372. The monoisotopic (exact) mass is 454 g/mol. The third-order valence-corrected chi connectivity index (χ3v) is 4.80. The van der Waals surface area contributed by atoms with Crippen LogP contribution >= 0.6 is 0 Å². The molecule has 0 unspecified atom stereocenters. The van der Waals surface area contributed by atoms with Crippen molar-refractivity contribution in [1.82, 2.24) is 0 Å². The van der Waals surface area contributed by atoms with Gasteiger partial charge in [-0.2, -0.15) is 0 Å². The van der Waals surface area contributed by atoms with Gasteiger partial charge in [-0.3, -0.25) is 0 Å². The van der Waals surface area contributed by atoms with Gasteiger partial charge in [0.25, 0.3) is 0 Å². The summed E-state index contributed by atoms with van der Waals surface area (Å²) < 4.78 is 0. The molecule has 0 aliphatic heterocycles. The number of hydrogen-bond donors (Lipinski definition) is 0. The van der Waals surface area contributed by atoms with Crippen LogP contribution in [0.25, 0.3) is 0 Å². The standard InChI is InChI=1S/3C6H12O2.2C2H5.V/c3*1-2-3-4-5-6(7)8;2*1-2;/h3*2-5H2,1H3,(H,7,8);2*1H2,2H3;/q;;;;;+3/p-3. The van der Waals surface area contributed by atoms with Crippen molar-refractivity contribution in [3.63, 3.8) is 0 Å². The fourth-order valence-electron chi connectivity index (χ4n) is 1.78. The molecular formula is C22H43O6V. The van der Waals surface area contributed by atoms with Gasteiger partial charge in [0.2, 0.25) is 0 Å². The number of carboxylic acids is 3. The molecule has 0 saturated heterocycles. The second-order valence-corrected chi connectivity index (χ2v) is 9.02. The van der Waals surface area contributed by atoms with Gasteiger partial charge in [0, 0.05) is 17.9 Å². The van der Waals surface area contributed by atoms with E-state index in [0.29, 0.717) is 0 Å². The summed E-state index contributed by atoms with van der Waals surface area (Å²) in [6.45, 7) is 10.6. The number of carbonyl (C=O) groups is 3. The van der Waals surface area contributed by atoms with Gasteiger partial charge < -0.3 is 29.7 Å². The van der Waals surface area contributed by atoms with Crippen molar-refractivity contribution < 1.29 is 46.0 Å². The molecule has 0 aromatic carbocycles. The van der Waals surface area contributed by atoms with Gasteiger partial charge in [-0.1, -0.05) is 59.3 Å². The van der Waals surface area contributed by atoms with Crippen LogP contribution in [0.1, 0.15) is 112 Å². The first-order valence-electron chi connectivity index (χ1n) is 11.0. The summed E-state index contributed by atoms with van der Waals surface area (Å²) >= 11 is 0.743. The summed E-state index contributed by atoms with van der Waals surface area (Å²) in [5.74, 6) is -2.80. The summed E-state index contributed by atoms with van der Waals surface area (Å²) in [5, 5.41) is 32.2. The van der Waals surface area contributed by atoms with Crippen LogP contribution in [0.2, 0.25) is 10.3 Å². The van der Waals surface area contributed by atoms with Crippen molar-refractivity contribution in [3.8, 4) is 0 Å². The van der Waals surface area contributed by atoms with E-state index in [0.717, 1.165) is 74.1 Å². The van der Waals surface area contributed by atoms with E-state index in [2.05, 4.69) is 13.8 Å². The molecule has 29 heavy (non-hydrogen) atoms. The van der Waals surface area contributed by atoms with Gasteiger partial charge in [-0.25, -0.2) is 0 Å². The Morgan fingerprint density at radius 1 is 0.517 bits per heavy atom. The number of unbranched alkanes of at least 4 members (excludes halogenated alkanes) is 6. The maximum absolute atomic E-state index is 9.76. The molecule has 0 spiro atoms. The molecule has 0 bridgehead atoms. The predicted molar refractivity (Wildman–Crippen MR) is 108 cm³/mol. The SMILES string of the molecule is CCCCCC(=O)[O-].CCCCCC(=O)[O-].CCCCCC(=O)[O-].C[CH2][V+3][CH2]C. The summed E-state index contributed by atoms with van der Waals surface area (Å²) in [4.78, 5) is 29.3. The minimum atomic E-state index is -0.932. The fourth-order valence-corrected chi connectivity index (χ4v) is 2.48. The average molecular weight is 455 g/mol. The maximum atomic E-state index is 9.76. The van der Waals surface area contributed by atoms with E-state index in [1.165, 1.54) is 10.3 Å². The molecule has 0 radical (unpaired) electrons. The van der Waals surface area contributed by atoms with E-state index in [9.17, 15) is 29.7 Å². The Labute approximate surface area is 185 Å². The molecule has 0 aliphatic rings. The first-order chi connectivity index (χ1) is 13.7. The van der Waals surface area contributed by atoms with Crippen LogP contribution < -0.4 is 15.3 Å². The summed E-state index contributed by atoms with van der Waals surface area (Å²) in [6, 6.07) is 0. The van der Waals surface area contributed by atoms with Crippen LogP contribution in [0.4, 0.5) is 0 Å². The van der Waals surface area contributed by atoms with E-state index >= 15 is 0 Å². The van der Waals surface area contributed by atoms with Crippen LogP contribution in [-0.2, 0) is 30.7 Å². The molecular weight excluding hydrogens is 411 g/mol. The molecule has 6 nitrogen and oxygen atoms in total. The molecule has 7 heteroatoms. The second kappa shape index (κ2) is 34.5. The third-order valence-electron chi connectivity index (χ3n) is 3.40. The van der Waals surface area contributed by atoms with Crippen molar-refractivity contribution in [1.29, 1.82) is 0 Å². The molecule has 0 saturated carbocycles. The van der Waals surface area contributed by atoms with Gasteiger partial charge in [0.05, 0.1) is 0 Å². The van der Waals surface area contributed by atoms with Crippen LogP contribution in [-0.4, -0.2) is 17.9 Å². The van der Waals surface area contributed by atoms with E-state index in [4.69, 9.17) is 0 Å². The molecule has 0 heterocycles. The Kier molecular flexibility index (Phi) is 42.1. The molecule has 0 amide bonds. The average Bonchev–Trinajstić information content (AvgIpc) is 2.64. The topological polar surface area (TPSA) is 120 Å². The number of carboxylic acid groups (broad SMARTS) is 3. The van der Waals surface area contributed by atoms with Gasteiger partial charge in [-0.15, -0.1) is 0 Å². The Hall–Kier alpha value is -1.01. The number of aliphatic carboxylic acids is 3. The summed E-state index contributed by atoms with van der Waals surface area (Å²) in [6.07, 6.45) is 9.11. The zero-order valence-electron chi connectivity index (χ0n) is 19.3. The molecule has 0 aliphatic carbocycles. The first-order valence-corrected chi connectivity index (χ1v) is 12.9. The molecule has 0 N–H and O–H groups in total. The fraction of sp³-hybridized carbons (Fsp3) is 0.864. The van der Waals surface area contributed by atoms with Crippen LogP contribution in [0, 0.1) is 0 Å².